The van der Waals surface area contributed by atoms with E-state index in [4.69, 9.17) is 0 Å². The molecule has 0 bridgehead atoms. The molecule has 2 heterocycles. The summed E-state index contributed by atoms with van der Waals surface area (Å²) in [6, 6.07) is 7.79. The minimum absolute atomic E-state index is 0.518. The van der Waals surface area contributed by atoms with Crippen LogP contribution >= 0.6 is 0 Å². The highest BCUT2D eigenvalue weighted by Crippen LogP contribution is 2.10. The van der Waals surface area contributed by atoms with Crippen molar-refractivity contribution in [3.8, 4) is 0 Å². The lowest BCUT2D eigenvalue weighted by molar-refractivity contribution is 0.600. The molecule has 3 rings (SSSR count). The van der Waals surface area contributed by atoms with Crippen molar-refractivity contribution in [3.05, 3.63) is 30.1 Å². The van der Waals surface area contributed by atoms with E-state index in [1.165, 1.54) is 0 Å². The Morgan fingerprint density at radius 3 is 2.81 bits per heavy atom. The van der Waals surface area contributed by atoms with Gasteiger partial charge in [-0.2, -0.15) is 0 Å². The number of rotatable bonds is 2. The van der Waals surface area contributed by atoms with Gasteiger partial charge in [-0.05, 0) is 22.6 Å². The fourth-order valence-corrected chi connectivity index (χ4v) is 1.55. The fourth-order valence-electron chi connectivity index (χ4n) is 1.55. The maximum Gasteiger partial charge on any atom is 0.172 e. The number of aryl methyl sites for hydroxylation is 1. The van der Waals surface area contributed by atoms with Gasteiger partial charge >= 0.3 is 0 Å². The van der Waals surface area contributed by atoms with Crippen molar-refractivity contribution in [2.24, 2.45) is 7.05 Å². The van der Waals surface area contributed by atoms with Crippen LogP contribution in [-0.4, -0.2) is 35.2 Å². The van der Waals surface area contributed by atoms with Gasteiger partial charge in [0.1, 0.15) is 12.1 Å². The smallest absolute Gasteiger partial charge is 0.172 e. The van der Waals surface area contributed by atoms with Crippen LogP contribution in [0.1, 0.15) is 5.82 Å². The van der Waals surface area contributed by atoms with Gasteiger partial charge in [-0.3, -0.25) is 0 Å². The Morgan fingerprint density at radius 2 is 2.00 bits per heavy atom. The molecular formula is C9H9N7. The number of hydrogen-bond donors (Lipinski definition) is 0. The fraction of sp³-hybridized carbons (Fsp3) is 0.222. The molecule has 0 saturated carbocycles. The predicted octanol–water partition coefficient (Wildman–Crippen LogP) is 0.00310. The molecule has 1 aromatic carbocycles. The Balaban J connectivity index is 2.04. The van der Waals surface area contributed by atoms with E-state index in [1.54, 1.807) is 16.4 Å². The van der Waals surface area contributed by atoms with E-state index in [9.17, 15) is 0 Å². The summed E-state index contributed by atoms with van der Waals surface area (Å²) in [4.78, 5) is 0. The zero-order valence-electron chi connectivity index (χ0n) is 8.65. The molecule has 0 saturated heterocycles. The molecule has 0 atom stereocenters. The second-order valence-electron chi connectivity index (χ2n) is 3.45. The van der Waals surface area contributed by atoms with E-state index in [-0.39, 0.29) is 0 Å². The summed E-state index contributed by atoms with van der Waals surface area (Å²) in [5.74, 6) is 0.746. The van der Waals surface area contributed by atoms with Crippen molar-refractivity contribution < 1.29 is 0 Å². The van der Waals surface area contributed by atoms with Crippen LogP contribution in [0.4, 0.5) is 0 Å². The second-order valence-corrected chi connectivity index (χ2v) is 3.45. The number of aromatic nitrogens is 7. The first-order valence-corrected chi connectivity index (χ1v) is 4.84. The Labute approximate surface area is 90.7 Å². The maximum atomic E-state index is 4.07. The highest BCUT2D eigenvalue weighted by molar-refractivity contribution is 5.73. The Kier molecular flexibility index (Phi) is 1.89. The standard InChI is InChI=1S/C9H9N7/c1-15-9(11-12-14-15)6-16-8-5-3-2-4-7(8)10-13-16/h2-5H,6H2,1H3. The normalized spacial score (nSPS) is 11.1. The molecule has 0 spiro atoms. The van der Waals surface area contributed by atoms with Gasteiger partial charge in [0.05, 0.1) is 5.52 Å². The third kappa shape index (κ3) is 1.33. The number of fused-ring (bicyclic) bond motifs is 1. The lowest BCUT2D eigenvalue weighted by Crippen LogP contribution is -2.08. The van der Waals surface area contributed by atoms with Gasteiger partial charge in [-0.15, -0.1) is 10.2 Å². The number of hydrogen-bond acceptors (Lipinski definition) is 5. The summed E-state index contributed by atoms with van der Waals surface area (Å²) in [6.45, 7) is 0.518. The molecule has 0 aliphatic carbocycles. The van der Waals surface area contributed by atoms with Crippen LogP contribution in [0.2, 0.25) is 0 Å². The first kappa shape index (κ1) is 8.96. The summed E-state index contributed by atoms with van der Waals surface area (Å²) in [5, 5.41) is 19.4. The molecular weight excluding hydrogens is 206 g/mol. The molecule has 0 radical (unpaired) electrons. The summed E-state index contributed by atoms with van der Waals surface area (Å²) >= 11 is 0. The molecule has 2 aromatic heterocycles. The summed E-state index contributed by atoms with van der Waals surface area (Å²) in [5.41, 5.74) is 1.85. The van der Waals surface area contributed by atoms with Crippen LogP contribution in [0.3, 0.4) is 0 Å². The van der Waals surface area contributed by atoms with Crippen LogP contribution in [0, 0.1) is 0 Å². The van der Waals surface area contributed by atoms with Crippen LogP contribution in [-0.2, 0) is 13.6 Å². The van der Waals surface area contributed by atoms with Crippen LogP contribution < -0.4 is 0 Å². The third-order valence-electron chi connectivity index (χ3n) is 2.42. The minimum Gasteiger partial charge on any atom is -0.237 e. The summed E-state index contributed by atoms with van der Waals surface area (Å²) in [7, 11) is 1.80. The molecule has 7 nitrogen and oxygen atoms in total. The van der Waals surface area contributed by atoms with E-state index in [2.05, 4.69) is 25.8 Å². The van der Waals surface area contributed by atoms with Crippen molar-refractivity contribution in [1.29, 1.82) is 0 Å². The molecule has 0 aliphatic rings. The number of tetrazole rings is 1. The monoisotopic (exact) mass is 215 g/mol. The first-order chi connectivity index (χ1) is 7.84. The quantitative estimate of drug-likeness (QED) is 0.601. The van der Waals surface area contributed by atoms with Crippen molar-refractivity contribution in [1.82, 2.24) is 35.2 Å². The molecule has 16 heavy (non-hydrogen) atoms. The molecule has 0 amide bonds. The Bertz CT molecular complexity index is 623. The lowest BCUT2D eigenvalue weighted by atomic mass is 10.3. The number of para-hydroxylation sites is 1. The Hall–Kier alpha value is -2.31. The molecule has 3 aromatic rings. The van der Waals surface area contributed by atoms with Crippen LogP contribution in [0.25, 0.3) is 11.0 Å². The lowest BCUT2D eigenvalue weighted by Gasteiger charge is -1.99. The van der Waals surface area contributed by atoms with Crippen molar-refractivity contribution in [3.63, 3.8) is 0 Å². The van der Waals surface area contributed by atoms with Gasteiger partial charge in [0.15, 0.2) is 5.82 Å². The SMILES string of the molecule is Cn1nnnc1Cn1nnc2ccccc21. The van der Waals surface area contributed by atoms with Gasteiger partial charge in [0.25, 0.3) is 0 Å². The topological polar surface area (TPSA) is 74.3 Å². The minimum atomic E-state index is 0.518. The Morgan fingerprint density at radius 1 is 1.12 bits per heavy atom. The van der Waals surface area contributed by atoms with E-state index in [1.807, 2.05) is 24.3 Å². The van der Waals surface area contributed by atoms with Crippen LogP contribution in [0.5, 0.6) is 0 Å². The average molecular weight is 215 g/mol. The van der Waals surface area contributed by atoms with Crippen molar-refractivity contribution in [2.75, 3.05) is 0 Å². The third-order valence-corrected chi connectivity index (χ3v) is 2.42. The van der Waals surface area contributed by atoms with E-state index in [0.29, 0.717) is 6.54 Å². The van der Waals surface area contributed by atoms with Crippen molar-refractivity contribution >= 4 is 11.0 Å². The molecule has 0 aliphatic heterocycles. The summed E-state index contributed by atoms with van der Waals surface area (Å²) < 4.78 is 3.40. The zero-order chi connectivity index (χ0) is 11.0. The molecule has 7 heteroatoms. The molecule has 0 fully saturated rings. The van der Waals surface area contributed by atoms with Gasteiger partial charge in [-0.1, -0.05) is 17.3 Å². The highest BCUT2D eigenvalue weighted by atomic mass is 15.5. The number of nitrogens with zero attached hydrogens (tertiary/aromatic N) is 7. The summed E-state index contributed by atoms with van der Waals surface area (Å²) in [6.07, 6.45) is 0. The second kappa shape index (κ2) is 3.37. The van der Waals surface area contributed by atoms with Gasteiger partial charge in [-0.25, -0.2) is 9.36 Å². The predicted molar refractivity (Wildman–Crippen MR) is 55.4 cm³/mol. The molecule has 0 unspecified atom stereocenters. The zero-order valence-corrected chi connectivity index (χ0v) is 8.65. The van der Waals surface area contributed by atoms with Gasteiger partial charge < -0.3 is 0 Å². The number of benzene rings is 1. The van der Waals surface area contributed by atoms with Gasteiger partial charge in [0.2, 0.25) is 0 Å². The maximum absolute atomic E-state index is 4.07. The van der Waals surface area contributed by atoms with E-state index >= 15 is 0 Å². The van der Waals surface area contributed by atoms with Gasteiger partial charge in [0, 0.05) is 7.05 Å². The van der Waals surface area contributed by atoms with Crippen LogP contribution in [0.15, 0.2) is 24.3 Å². The van der Waals surface area contributed by atoms with E-state index in [0.717, 1.165) is 16.9 Å². The molecule has 0 N–H and O–H groups in total. The largest absolute Gasteiger partial charge is 0.237 e. The first-order valence-electron chi connectivity index (χ1n) is 4.84. The average Bonchev–Trinajstić information content (AvgIpc) is 2.88. The highest BCUT2D eigenvalue weighted by Gasteiger charge is 2.07. The van der Waals surface area contributed by atoms with Crippen molar-refractivity contribution in [2.45, 2.75) is 6.54 Å². The van der Waals surface area contributed by atoms with E-state index < -0.39 is 0 Å². The molecule has 80 valence electrons.